The van der Waals surface area contributed by atoms with E-state index in [4.69, 9.17) is 4.52 Å². The van der Waals surface area contributed by atoms with Crippen molar-refractivity contribution < 1.29 is 12.9 Å². The molecule has 0 aliphatic rings. The van der Waals surface area contributed by atoms with Crippen LogP contribution in [0.5, 0.6) is 0 Å². The summed E-state index contributed by atoms with van der Waals surface area (Å²) in [5.74, 6) is 0.623. The molecule has 0 spiro atoms. The largest absolute Gasteiger partial charge is 0.337 e. The highest BCUT2D eigenvalue weighted by Crippen LogP contribution is 2.28. The molecule has 3 aromatic heterocycles. The number of thiazole rings is 1. The lowest BCUT2D eigenvalue weighted by Gasteiger charge is -2.19. The number of sulfonamides is 1. The molecule has 0 saturated carbocycles. The Labute approximate surface area is 157 Å². The number of benzene rings is 1. The summed E-state index contributed by atoms with van der Waals surface area (Å²) in [4.78, 5) is 8.62. The monoisotopic (exact) mass is 404 g/mol. The van der Waals surface area contributed by atoms with Crippen molar-refractivity contribution in [3.05, 3.63) is 64.6 Å². The van der Waals surface area contributed by atoms with Gasteiger partial charge in [-0.05, 0) is 23.6 Å². The van der Waals surface area contributed by atoms with Gasteiger partial charge >= 0.3 is 0 Å². The van der Waals surface area contributed by atoms with Crippen molar-refractivity contribution in [2.24, 2.45) is 0 Å². The van der Waals surface area contributed by atoms with E-state index in [-0.39, 0.29) is 17.3 Å². The van der Waals surface area contributed by atoms with Gasteiger partial charge in [0, 0.05) is 22.5 Å². The van der Waals surface area contributed by atoms with E-state index in [0.29, 0.717) is 11.0 Å². The molecule has 132 valence electrons. The van der Waals surface area contributed by atoms with Gasteiger partial charge < -0.3 is 4.52 Å². The number of rotatable bonds is 6. The summed E-state index contributed by atoms with van der Waals surface area (Å²) in [5, 5.41) is 9.79. The third kappa shape index (κ3) is 3.26. The Morgan fingerprint density at radius 2 is 1.96 bits per heavy atom. The zero-order valence-electron chi connectivity index (χ0n) is 13.2. The second-order valence-corrected chi connectivity index (χ2v) is 8.68. The van der Waals surface area contributed by atoms with Gasteiger partial charge in [-0.25, -0.2) is 17.7 Å². The quantitative estimate of drug-likeness (QED) is 0.487. The Morgan fingerprint density at radius 3 is 2.65 bits per heavy atom. The first-order valence-electron chi connectivity index (χ1n) is 7.47. The van der Waals surface area contributed by atoms with Crippen LogP contribution in [-0.2, 0) is 16.6 Å². The van der Waals surface area contributed by atoms with Crippen LogP contribution in [0.15, 0.2) is 68.2 Å². The van der Waals surface area contributed by atoms with Crippen molar-refractivity contribution >= 4 is 37.8 Å². The van der Waals surface area contributed by atoms with E-state index < -0.39 is 10.0 Å². The predicted molar refractivity (Wildman–Crippen MR) is 99.5 cm³/mol. The van der Waals surface area contributed by atoms with Crippen LogP contribution in [0.4, 0.5) is 5.13 Å². The fourth-order valence-electron chi connectivity index (χ4n) is 2.27. The average molecular weight is 404 g/mol. The molecule has 0 radical (unpaired) electrons. The number of anilines is 1. The van der Waals surface area contributed by atoms with E-state index in [2.05, 4.69) is 15.1 Å². The molecule has 0 saturated heterocycles. The Hall–Kier alpha value is -2.56. The molecule has 1 aromatic carbocycles. The van der Waals surface area contributed by atoms with E-state index in [1.807, 2.05) is 16.8 Å². The van der Waals surface area contributed by atoms with Gasteiger partial charge in [-0.15, -0.1) is 11.3 Å². The Balaban J connectivity index is 1.69. The van der Waals surface area contributed by atoms with Crippen molar-refractivity contribution in [2.45, 2.75) is 11.4 Å². The smallest absolute Gasteiger partial charge is 0.266 e. The van der Waals surface area contributed by atoms with Crippen molar-refractivity contribution in [1.29, 1.82) is 0 Å². The number of hydrogen-bond acceptors (Lipinski definition) is 8. The number of aromatic nitrogens is 3. The average Bonchev–Trinajstić information content (AvgIpc) is 3.42. The molecule has 0 aliphatic heterocycles. The zero-order chi connectivity index (χ0) is 18.0. The van der Waals surface area contributed by atoms with Crippen LogP contribution in [0.25, 0.3) is 11.4 Å². The van der Waals surface area contributed by atoms with Crippen LogP contribution in [0.3, 0.4) is 0 Å². The van der Waals surface area contributed by atoms with E-state index in [1.165, 1.54) is 27.0 Å². The molecule has 0 bridgehead atoms. The minimum atomic E-state index is -3.81. The van der Waals surface area contributed by atoms with Crippen LogP contribution in [-0.4, -0.2) is 23.5 Å². The second kappa shape index (κ2) is 6.98. The van der Waals surface area contributed by atoms with Crippen LogP contribution in [0.1, 0.15) is 5.89 Å². The van der Waals surface area contributed by atoms with Crippen LogP contribution < -0.4 is 4.31 Å². The minimum Gasteiger partial charge on any atom is -0.337 e. The van der Waals surface area contributed by atoms with E-state index in [9.17, 15) is 8.42 Å². The lowest BCUT2D eigenvalue weighted by Crippen LogP contribution is -2.30. The number of nitrogens with zero attached hydrogens (tertiary/aromatic N) is 4. The third-order valence-electron chi connectivity index (χ3n) is 3.49. The summed E-state index contributed by atoms with van der Waals surface area (Å²) in [6.45, 7) is -0.0954. The maximum Gasteiger partial charge on any atom is 0.266 e. The highest BCUT2D eigenvalue weighted by molar-refractivity contribution is 7.93. The molecule has 0 N–H and O–H groups in total. The summed E-state index contributed by atoms with van der Waals surface area (Å²) in [5.41, 5.74) is 0.830. The zero-order valence-corrected chi connectivity index (χ0v) is 15.7. The van der Waals surface area contributed by atoms with Gasteiger partial charge in [0.1, 0.15) is 6.54 Å². The molecule has 10 heteroatoms. The highest BCUT2D eigenvalue weighted by Gasteiger charge is 2.29. The third-order valence-corrected chi connectivity index (χ3v) is 6.83. The second-order valence-electron chi connectivity index (χ2n) is 5.16. The molecule has 0 aliphatic carbocycles. The molecule has 0 amide bonds. The van der Waals surface area contributed by atoms with Gasteiger partial charge in [-0.2, -0.15) is 16.3 Å². The summed E-state index contributed by atoms with van der Waals surface area (Å²) in [7, 11) is -3.81. The number of thiophene rings is 1. The van der Waals surface area contributed by atoms with Crippen LogP contribution in [0.2, 0.25) is 0 Å². The van der Waals surface area contributed by atoms with Gasteiger partial charge in [-0.1, -0.05) is 23.4 Å². The fourth-order valence-corrected chi connectivity index (χ4v) is 5.16. The maximum atomic E-state index is 13.1. The molecule has 0 atom stereocenters. The summed E-state index contributed by atoms with van der Waals surface area (Å²) in [6.07, 6.45) is 1.55. The molecular formula is C16H12N4O3S3. The summed E-state index contributed by atoms with van der Waals surface area (Å²) >= 11 is 2.74. The summed E-state index contributed by atoms with van der Waals surface area (Å²) in [6, 6.07) is 10.1. The fraction of sp³-hybridized carbons (Fsp3) is 0.0625. The molecule has 3 heterocycles. The molecule has 4 rings (SSSR count). The van der Waals surface area contributed by atoms with Crippen molar-refractivity contribution in [3.8, 4) is 11.4 Å². The van der Waals surface area contributed by atoms with Gasteiger partial charge in [0.15, 0.2) is 5.13 Å². The normalized spacial score (nSPS) is 11.5. The topological polar surface area (TPSA) is 89.2 Å². The Bertz CT molecular complexity index is 1080. The van der Waals surface area contributed by atoms with Gasteiger partial charge in [0.2, 0.25) is 11.7 Å². The minimum absolute atomic E-state index is 0.0954. The SMILES string of the molecule is O=S(=O)(c1ccccc1)N(Cc1nc(-c2ccsc2)no1)c1nccs1. The maximum absolute atomic E-state index is 13.1. The summed E-state index contributed by atoms with van der Waals surface area (Å²) < 4.78 is 32.6. The molecule has 26 heavy (non-hydrogen) atoms. The van der Waals surface area contributed by atoms with Gasteiger partial charge in [0.05, 0.1) is 4.90 Å². The first-order chi connectivity index (χ1) is 12.6. The Kier molecular flexibility index (Phi) is 4.53. The first kappa shape index (κ1) is 16.9. The molecule has 0 unspecified atom stereocenters. The lowest BCUT2D eigenvalue weighted by molar-refractivity contribution is 0.380. The van der Waals surface area contributed by atoms with Crippen molar-refractivity contribution in [2.75, 3.05) is 4.31 Å². The molecular weight excluding hydrogens is 392 g/mol. The van der Waals surface area contributed by atoms with Crippen molar-refractivity contribution in [1.82, 2.24) is 15.1 Å². The van der Waals surface area contributed by atoms with E-state index >= 15 is 0 Å². The van der Waals surface area contributed by atoms with E-state index in [1.54, 1.807) is 41.9 Å². The van der Waals surface area contributed by atoms with Crippen molar-refractivity contribution in [3.63, 3.8) is 0 Å². The van der Waals surface area contributed by atoms with Gasteiger partial charge in [0.25, 0.3) is 10.0 Å². The van der Waals surface area contributed by atoms with Crippen LogP contribution in [0, 0.1) is 0 Å². The number of hydrogen-bond donors (Lipinski definition) is 0. The highest BCUT2D eigenvalue weighted by atomic mass is 32.2. The molecule has 7 nitrogen and oxygen atoms in total. The lowest BCUT2D eigenvalue weighted by atomic mass is 10.3. The predicted octanol–water partition coefficient (Wildman–Crippen LogP) is 3.65. The first-order valence-corrected chi connectivity index (χ1v) is 10.7. The standard InChI is InChI=1S/C16H12N4O3S3/c21-26(22,13-4-2-1-3-5-13)20(16-17-7-9-25-16)10-14-18-15(19-23-14)12-6-8-24-11-12/h1-9,11H,10H2. The Morgan fingerprint density at radius 1 is 1.12 bits per heavy atom. The molecule has 0 fully saturated rings. The van der Waals surface area contributed by atoms with Crippen LogP contribution >= 0.6 is 22.7 Å². The van der Waals surface area contributed by atoms with Gasteiger partial charge in [-0.3, -0.25) is 0 Å². The van der Waals surface area contributed by atoms with E-state index in [0.717, 1.165) is 5.56 Å². The molecule has 4 aromatic rings.